The van der Waals surface area contributed by atoms with E-state index in [1.807, 2.05) is 5.51 Å². The molecule has 1 aliphatic carbocycles. The molecular formula is C10H15NS. The zero-order valence-electron chi connectivity index (χ0n) is 7.71. The van der Waals surface area contributed by atoms with Crippen LogP contribution >= 0.6 is 11.3 Å². The van der Waals surface area contributed by atoms with Crippen LogP contribution < -0.4 is 0 Å². The number of aromatic nitrogens is 1. The zero-order chi connectivity index (χ0) is 8.60. The number of hydrogen-bond acceptors (Lipinski definition) is 2. The van der Waals surface area contributed by atoms with E-state index in [4.69, 9.17) is 0 Å². The Balaban J connectivity index is 1.84. The summed E-state index contributed by atoms with van der Waals surface area (Å²) in [4.78, 5) is 4.30. The third-order valence-electron chi connectivity index (χ3n) is 2.66. The van der Waals surface area contributed by atoms with Crippen molar-refractivity contribution >= 4 is 11.3 Å². The molecule has 0 saturated heterocycles. The van der Waals surface area contributed by atoms with Crippen LogP contribution in [0, 0.1) is 11.3 Å². The van der Waals surface area contributed by atoms with E-state index >= 15 is 0 Å². The Morgan fingerprint density at radius 3 is 2.83 bits per heavy atom. The van der Waals surface area contributed by atoms with Gasteiger partial charge in [-0.15, -0.1) is 11.3 Å². The molecule has 1 heterocycles. The minimum absolute atomic E-state index is 0.612. The van der Waals surface area contributed by atoms with Gasteiger partial charge in [-0.05, 0) is 30.6 Å². The minimum Gasteiger partial charge on any atom is -0.250 e. The maximum Gasteiger partial charge on any atom is 0.0794 e. The van der Waals surface area contributed by atoms with Crippen LogP contribution in [-0.2, 0) is 6.42 Å². The van der Waals surface area contributed by atoms with Crippen molar-refractivity contribution < 1.29 is 0 Å². The molecule has 1 aromatic heterocycles. The van der Waals surface area contributed by atoms with E-state index in [9.17, 15) is 0 Å². The van der Waals surface area contributed by atoms with Gasteiger partial charge in [0.05, 0.1) is 11.2 Å². The predicted molar refractivity (Wildman–Crippen MR) is 52.3 cm³/mol. The summed E-state index contributed by atoms with van der Waals surface area (Å²) in [5, 5.41) is 2.17. The topological polar surface area (TPSA) is 12.9 Å². The first-order valence-corrected chi connectivity index (χ1v) is 5.47. The second kappa shape index (κ2) is 2.84. The number of thiazole rings is 1. The molecular weight excluding hydrogens is 166 g/mol. The van der Waals surface area contributed by atoms with Gasteiger partial charge in [0.1, 0.15) is 0 Å². The lowest BCUT2D eigenvalue weighted by Crippen LogP contribution is -2.32. The molecule has 2 heteroatoms. The van der Waals surface area contributed by atoms with Crippen molar-refractivity contribution in [2.45, 2.75) is 33.1 Å². The van der Waals surface area contributed by atoms with Crippen molar-refractivity contribution in [3.63, 3.8) is 0 Å². The molecule has 0 unspecified atom stereocenters. The molecule has 2 rings (SSSR count). The van der Waals surface area contributed by atoms with Crippen molar-refractivity contribution in [3.8, 4) is 0 Å². The van der Waals surface area contributed by atoms with E-state index in [1.165, 1.54) is 25.0 Å². The number of hydrogen-bond donors (Lipinski definition) is 0. The first-order chi connectivity index (χ1) is 5.66. The van der Waals surface area contributed by atoms with Crippen molar-refractivity contribution in [1.29, 1.82) is 0 Å². The summed E-state index contributed by atoms with van der Waals surface area (Å²) >= 11 is 1.70. The number of rotatable bonds is 2. The van der Waals surface area contributed by atoms with E-state index < -0.39 is 0 Å². The monoisotopic (exact) mass is 181 g/mol. The third kappa shape index (κ3) is 1.69. The largest absolute Gasteiger partial charge is 0.250 e. The van der Waals surface area contributed by atoms with Gasteiger partial charge in [-0.1, -0.05) is 13.8 Å². The van der Waals surface area contributed by atoms with Crippen LogP contribution in [0.4, 0.5) is 0 Å². The number of nitrogens with zero attached hydrogens (tertiary/aromatic N) is 1. The summed E-state index contributed by atoms with van der Waals surface area (Å²) in [6.45, 7) is 4.70. The average Bonchev–Trinajstić information content (AvgIpc) is 2.35. The van der Waals surface area contributed by atoms with Crippen molar-refractivity contribution in [1.82, 2.24) is 4.98 Å². The Kier molecular flexibility index (Phi) is 1.95. The van der Waals surface area contributed by atoms with Crippen LogP contribution in [0.2, 0.25) is 0 Å². The van der Waals surface area contributed by atoms with Crippen LogP contribution in [0.15, 0.2) is 10.9 Å². The summed E-state index contributed by atoms with van der Waals surface area (Å²) < 4.78 is 0. The molecule has 1 aliphatic rings. The van der Waals surface area contributed by atoms with Gasteiger partial charge in [0.15, 0.2) is 0 Å². The highest BCUT2D eigenvalue weighted by Crippen LogP contribution is 2.45. The van der Waals surface area contributed by atoms with Crippen molar-refractivity contribution in [2.75, 3.05) is 0 Å². The first-order valence-electron chi connectivity index (χ1n) is 4.53. The summed E-state index contributed by atoms with van der Waals surface area (Å²) in [6.07, 6.45) is 3.96. The van der Waals surface area contributed by atoms with Gasteiger partial charge in [0.2, 0.25) is 0 Å². The van der Waals surface area contributed by atoms with Gasteiger partial charge in [-0.3, -0.25) is 0 Å². The summed E-state index contributed by atoms with van der Waals surface area (Å²) in [6, 6.07) is 0. The van der Waals surface area contributed by atoms with Crippen LogP contribution in [0.1, 0.15) is 32.4 Å². The molecule has 0 N–H and O–H groups in total. The average molecular weight is 181 g/mol. The Morgan fingerprint density at radius 1 is 1.58 bits per heavy atom. The van der Waals surface area contributed by atoms with Gasteiger partial charge in [-0.25, -0.2) is 4.98 Å². The van der Waals surface area contributed by atoms with Crippen LogP contribution in [0.5, 0.6) is 0 Å². The van der Waals surface area contributed by atoms with E-state index in [0.29, 0.717) is 5.41 Å². The second-order valence-corrected chi connectivity index (χ2v) is 5.34. The normalized spacial score (nSPS) is 22.2. The van der Waals surface area contributed by atoms with Crippen molar-refractivity contribution in [2.24, 2.45) is 11.3 Å². The minimum atomic E-state index is 0.612. The van der Waals surface area contributed by atoms with E-state index in [2.05, 4.69) is 24.2 Å². The SMILES string of the molecule is CC1(C)CC(Cc2cscn2)C1. The van der Waals surface area contributed by atoms with E-state index in [0.717, 1.165) is 5.92 Å². The fraction of sp³-hybridized carbons (Fsp3) is 0.700. The highest BCUT2D eigenvalue weighted by Gasteiger charge is 2.35. The third-order valence-corrected chi connectivity index (χ3v) is 3.30. The quantitative estimate of drug-likeness (QED) is 0.683. The highest BCUT2D eigenvalue weighted by molar-refractivity contribution is 7.07. The Morgan fingerprint density at radius 2 is 2.33 bits per heavy atom. The van der Waals surface area contributed by atoms with Crippen LogP contribution in [0.3, 0.4) is 0 Å². The van der Waals surface area contributed by atoms with E-state index in [-0.39, 0.29) is 0 Å². The molecule has 66 valence electrons. The Hall–Kier alpha value is -0.370. The smallest absolute Gasteiger partial charge is 0.0794 e. The fourth-order valence-corrected chi connectivity index (χ4v) is 2.85. The lowest BCUT2D eigenvalue weighted by Gasteiger charge is -2.42. The summed E-state index contributed by atoms with van der Waals surface area (Å²) in [5.74, 6) is 0.905. The molecule has 0 radical (unpaired) electrons. The van der Waals surface area contributed by atoms with Crippen LogP contribution in [0.25, 0.3) is 0 Å². The molecule has 12 heavy (non-hydrogen) atoms. The fourth-order valence-electron chi connectivity index (χ4n) is 2.28. The maximum atomic E-state index is 4.30. The molecule has 0 amide bonds. The first kappa shape index (κ1) is 8.24. The maximum absolute atomic E-state index is 4.30. The summed E-state index contributed by atoms with van der Waals surface area (Å²) in [7, 11) is 0. The molecule has 0 spiro atoms. The van der Waals surface area contributed by atoms with Gasteiger partial charge >= 0.3 is 0 Å². The second-order valence-electron chi connectivity index (χ2n) is 4.62. The Labute approximate surface area is 77.8 Å². The van der Waals surface area contributed by atoms with Gasteiger partial charge in [0, 0.05) is 5.38 Å². The molecule has 1 fully saturated rings. The van der Waals surface area contributed by atoms with Gasteiger partial charge in [-0.2, -0.15) is 0 Å². The van der Waals surface area contributed by atoms with Crippen LogP contribution in [-0.4, -0.2) is 4.98 Å². The molecule has 0 bridgehead atoms. The Bertz CT molecular complexity index is 243. The summed E-state index contributed by atoms with van der Waals surface area (Å²) in [5.41, 5.74) is 3.83. The van der Waals surface area contributed by atoms with Gasteiger partial charge < -0.3 is 0 Å². The van der Waals surface area contributed by atoms with Crippen molar-refractivity contribution in [3.05, 3.63) is 16.6 Å². The van der Waals surface area contributed by atoms with E-state index in [1.54, 1.807) is 11.3 Å². The zero-order valence-corrected chi connectivity index (χ0v) is 8.53. The molecule has 0 aromatic carbocycles. The van der Waals surface area contributed by atoms with Gasteiger partial charge in [0.25, 0.3) is 0 Å². The highest BCUT2D eigenvalue weighted by atomic mass is 32.1. The molecule has 1 aromatic rings. The molecule has 0 aliphatic heterocycles. The lowest BCUT2D eigenvalue weighted by molar-refractivity contribution is 0.0964. The lowest BCUT2D eigenvalue weighted by atomic mass is 9.63. The molecule has 1 nitrogen and oxygen atoms in total. The molecule has 0 atom stereocenters. The molecule has 1 saturated carbocycles. The standard InChI is InChI=1S/C10H15NS/c1-10(2)4-8(5-10)3-9-6-12-7-11-9/h6-8H,3-5H2,1-2H3. The predicted octanol–water partition coefficient (Wildman–Crippen LogP) is 3.12.